The molecule has 0 aliphatic rings. The molecule has 31 heavy (non-hydrogen) atoms. The summed E-state index contributed by atoms with van der Waals surface area (Å²) >= 11 is 0. The number of amides is 1. The van der Waals surface area contributed by atoms with Crippen molar-refractivity contribution < 1.29 is 15.0 Å². The van der Waals surface area contributed by atoms with E-state index in [4.69, 9.17) is 4.98 Å². The molecule has 0 saturated carbocycles. The Morgan fingerprint density at radius 3 is 2.26 bits per heavy atom. The minimum Gasteiger partial charge on any atom is -0.508 e. The third-order valence-corrected chi connectivity index (χ3v) is 5.32. The van der Waals surface area contributed by atoms with Crippen LogP contribution in [0.15, 0.2) is 54.7 Å². The van der Waals surface area contributed by atoms with Gasteiger partial charge in [0.2, 0.25) is 5.91 Å². The minimum absolute atomic E-state index is 0.170. The van der Waals surface area contributed by atoms with Crippen molar-refractivity contribution in [2.75, 3.05) is 5.32 Å². The maximum Gasteiger partial charge on any atom is 0.229 e. The first-order chi connectivity index (χ1) is 15.0. The van der Waals surface area contributed by atoms with E-state index in [-0.39, 0.29) is 23.8 Å². The molecule has 1 amide bonds. The van der Waals surface area contributed by atoms with Crippen LogP contribution in [0.4, 0.5) is 5.82 Å². The number of nitrogens with one attached hydrogen (secondary N) is 1. The van der Waals surface area contributed by atoms with Gasteiger partial charge in [0, 0.05) is 5.56 Å². The van der Waals surface area contributed by atoms with Crippen LogP contribution in [0.1, 0.15) is 44.4 Å². The van der Waals surface area contributed by atoms with Crippen molar-refractivity contribution in [3.8, 4) is 22.8 Å². The molecule has 3 N–H and O–H groups in total. The normalized spacial score (nSPS) is 11.8. The number of hydrogen-bond acceptors (Lipinski definition) is 5. The quantitative estimate of drug-likeness (QED) is 0.448. The summed E-state index contributed by atoms with van der Waals surface area (Å²) in [6.45, 7) is 4.34. The Labute approximate surface area is 183 Å². The molecule has 3 rings (SSSR count). The second kappa shape index (κ2) is 10.6. The van der Waals surface area contributed by atoms with Crippen molar-refractivity contribution in [2.24, 2.45) is 5.92 Å². The topological polar surface area (TPSA) is 95.3 Å². The van der Waals surface area contributed by atoms with E-state index in [1.54, 1.807) is 54.7 Å². The number of aromatic hydroxyl groups is 2. The molecule has 0 aliphatic carbocycles. The highest BCUT2D eigenvalue weighted by atomic mass is 16.3. The minimum atomic E-state index is -0.179. The van der Waals surface area contributed by atoms with Crippen molar-refractivity contribution in [2.45, 2.75) is 46.0 Å². The van der Waals surface area contributed by atoms with Crippen LogP contribution in [-0.2, 0) is 17.6 Å². The Morgan fingerprint density at radius 2 is 1.65 bits per heavy atom. The first-order valence-corrected chi connectivity index (χ1v) is 10.7. The average Bonchev–Trinajstić information content (AvgIpc) is 2.76. The average molecular weight is 420 g/mol. The fraction of sp³-hybridized carbons (Fsp3) is 0.320. The predicted octanol–water partition coefficient (Wildman–Crippen LogP) is 5.10. The van der Waals surface area contributed by atoms with Gasteiger partial charge in [-0.3, -0.25) is 4.79 Å². The van der Waals surface area contributed by atoms with Crippen molar-refractivity contribution in [1.29, 1.82) is 0 Å². The Morgan fingerprint density at radius 1 is 1.00 bits per heavy atom. The number of phenolic OH excluding ortho intramolecular Hbond substituents is 2. The van der Waals surface area contributed by atoms with Crippen molar-refractivity contribution in [1.82, 2.24) is 9.97 Å². The molecule has 1 heterocycles. The van der Waals surface area contributed by atoms with E-state index >= 15 is 0 Å². The fourth-order valence-corrected chi connectivity index (χ4v) is 3.55. The third-order valence-electron chi connectivity index (χ3n) is 5.32. The van der Waals surface area contributed by atoms with Crippen LogP contribution in [0.25, 0.3) is 11.3 Å². The predicted molar refractivity (Wildman–Crippen MR) is 122 cm³/mol. The molecule has 0 spiro atoms. The lowest BCUT2D eigenvalue weighted by Crippen LogP contribution is -2.18. The van der Waals surface area contributed by atoms with Crippen LogP contribution in [0.2, 0.25) is 0 Å². The number of carbonyl (C=O) groups is 1. The van der Waals surface area contributed by atoms with Crippen LogP contribution in [0, 0.1) is 5.92 Å². The van der Waals surface area contributed by atoms with E-state index in [0.29, 0.717) is 17.4 Å². The smallest absolute Gasteiger partial charge is 0.229 e. The number of nitrogens with zero attached hydrogens (tertiary/aromatic N) is 2. The van der Waals surface area contributed by atoms with Crippen LogP contribution in [-0.4, -0.2) is 26.1 Å². The Kier molecular flexibility index (Phi) is 7.60. The fourth-order valence-electron chi connectivity index (χ4n) is 3.55. The number of hydrogen-bond donors (Lipinski definition) is 3. The van der Waals surface area contributed by atoms with Crippen molar-refractivity contribution in [3.63, 3.8) is 0 Å². The van der Waals surface area contributed by atoms with Crippen molar-refractivity contribution in [3.05, 3.63) is 66.0 Å². The van der Waals surface area contributed by atoms with Gasteiger partial charge in [0.05, 0.1) is 24.0 Å². The molecule has 6 nitrogen and oxygen atoms in total. The Bertz CT molecular complexity index is 1000. The van der Waals surface area contributed by atoms with Gasteiger partial charge in [0.25, 0.3) is 0 Å². The number of phenols is 2. The van der Waals surface area contributed by atoms with Gasteiger partial charge in [-0.2, -0.15) is 0 Å². The molecule has 0 bridgehead atoms. The highest BCUT2D eigenvalue weighted by Gasteiger charge is 2.16. The molecular weight excluding hydrogens is 390 g/mol. The maximum atomic E-state index is 12.6. The summed E-state index contributed by atoms with van der Waals surface area (Å²) in [5, 5.41) is 21.9. The first kappa shape index (κ1) is 22.3. The zero-order valence-electron chi connectivity index (χ0n) is 18.0. The van der Waals surface area contributed by atoms with E-state index in [1.165, 1.54) is 0 Å². The number of aromatic nitrogens is 2. The molecule has 1 atom stereocenters. The standard InChI is InChI=1S/C25H29N3O3/c1-3-5-17(4-2)14-22-25(28-24(31)15-18-6-10-20(29)11-7-18)26-16-23(27-22)19-8-12-21(30)13-9-19/h6-13,16-17,29-30H,3-5,14-15H2,1-2H3,(H,26,28,31). The number of anilines is 1. The lowest BCUT2D eigenvalue weighted by atomic mass is 9.95. The molecular formula is C25H29N3O3. The van der Waals surface area contributed by atoms with Gasteiger partial charge in [0.15, 0.2) is 5.82 Å². The highest BCUT2D eigenvalue weighted by Crippen LogP contribution is 2.25. The molecule has 2 aromatic carbocycles. The largest absolute Gasteiger partial charge is 0.508 e. The Balaban J connectivity index is 1.85. The summed E-state index contributed by atoms with van der Waals surface area (Å²) in [6.07, 6.45) is 5.77. The monoisotopic (exact) mass is 419 g/mol. The van der Waals surface area contributed by atoms with Gasteiger partial charge in [-0.05, 0) is 54.3 Å². The zero-order valence-corrected chi connectivity index (χ0v) is 18.0. The van der Waals surface area contributed by atoms with E-state index in [1.807, 2.05) is 0 Å². The maximum absolute atomic E-state index is 12.6. The molecule has 1 aromatic heterocycles. The summed E-state index contributed by atoms with van der Waals surface area (Å²) < 4.78 is 0. The van der Waals surface area contributed by atoms with Crippen LogP contribution < -0.4 is 5.32 Å². The third kappa shape index (κ3) is 6.28. The number of benzene rings is 2. The summed E-state index contributed by atoms with van der Waals surface area (Å²) in [7, 11) is 0. The number of carbonyl (C=O) groups excluding carboxylic acids is 1. The van der Waals surface area contributed by atoms with Gasteiger partial charge >= 0.3 is 0 Å². The molecule has 1 unspecified atom stereocenters. The lowest BCUT2D eigenvalue weighted by molar-refractivity contribution is -0.115. The van der Waals surface area contributed by atoms with Gasteiger partial charge in [-0.1, -0.05) is 45.2 Å². The van der Waals surface area contributed by atoms with Gasteiger partial charge in [-0.25, -0.2) is 9.97 Å². The van der Waals surface area contributed by atoms with Crippen LogP contribution in [0.5, 0.6) is 11.5 Å². The molecule has 162 valence electrons. The highest BCUT2D eigenvalue weighted by molar-refractivity contribution is 5.92. The number of rotatable bonds is 9. The van der Waals surface area contributed by atoms with E-state index in [2.05, 4.69) is 24.1 Å². The molecule has 6 heteroatoms. The molecule has 0 saturated heterocycles. The summed E-state index contributed by atoms with van der Waals surface area (Å²) in [6, 6.07) is 13.4. The van der Waals surface area contributed by atoms with Gasteiger partial charge in [0.1, 0.15) is 11.5 Å². The molecule has 3 aromatic rings. The van der Waals surface area contributed by atoms with E-state index in [9.17, 15) is 15.0 Å². The SMILES string of the molecule is CCCC(CC)Cc1nc(-c2ccc(O)cc2)cnc1NC(=O)Cc1ccc(O)cc1. The zero-order chi connectivity index (χ0) is 22.2. The van der Waals surface area contributed by atoms with Crippen LogP contribution in [0.3, 0.4) is 0 Å². The van der Waals surface area contributed by atoms with E-state index in [0.717, 1.165) is 42.5 Å². The van der Waals surface area contributed by atoms with Gasteiger partial charge in [-0.15, -0.1) is 0 Å². The summed E-state index contributed by atoms with van der Waals surface area (Å²) in [5.74, 6) is 1.14. The molecule has 0 radical (unpaired) electrons. The van der Waals surface area contributed by atoms with E-state index < -0.39 is 0 Å². The second-order valence-electron chi connectivity index (χ2n) is 7.76. The second-order valence-corrected chi connectivity index (χ2v) is 7.76. The van der Waals surface area contributed by atoms with Gasteiger partial charge < -0.3 is 15.5 Å². The summed E-state index contributed by atoms with van der Waals surface area (Å²) in [5.41, 5.74) is 3.14. The van der Waals surface area contributed by atoms with Crippen molar-refractivity contribution >= 4 is 11.7 Å². The Hall–Kier alpha value is -3.41. The molecule has 0 fully saturated rings. The summed E-state index contributed by atoms with van der Waals surface area (Å²) in [4.78, 5) is 22.0. The first-order valence-electron chi connectivity index (χ1n) is 10.7. The molecule has 0 aliphatic heterocycles. The van der Waals surface area contributed by atoms with Crippen LogP contribution >= 0.6 is 0 Å². The lowest BCUT2D eigenvalue weighted by Gasteiger charge is -2.17.